The van der Waals surface area contributed by atoms with Crippen LogP contribution in [-0.4, -0.2) is 28.4 Å². The first-order valence-electron chi connectivity index (χ1n) is 6.42. The van der Waals surface area contributed by atoms with E-state index in [1.54, 1.807) is 0 Å². The average molecular weight is 283 g/mol. The fraction of sp³-hybridized carbons (Fsp3) is 0.429. The van der Waals surface area contributed by atoms with E-state index in [1.165, 1.54) is 17.0 Å². The highest BCUT2D eigenvalue weighted by Gasteiger charge is 2.33. The highest BCUT2D eigenvalue weighted by molar-refractivity contribution is 5.81. The van der Waals surface area contributed by atoms with Gasteiger partial charge in [0, 0.05) is 24.6 Å². The fourth-order valence-corrected chi connectivity index (χ4v) is 1.96. The van der Waals surface area contributed by atoms with Gasteiger partial charge in [-0.25, -0.2) is 8.78 Å². The predicted molar refractivity (Wildman–Crippen MR) is 66.8 cm³/mol. The highest BCUT2D eigenvalue weighted by atomic mass is 19.2. The molecule has 1 N–H and O–H groups in total. The number of aliphatic carboxylic acids is 1. The molecule has 0 radical (unpaired) electrons. The van der Waals surface area contributed by atoms with E-state index >= 15 is 0 Å². The molecule has 0 heterocycles. The zero-order valence-electron chi connectivity index (χ0n) is 10.8. The Bertz CT molecular complexity index is 529. The summed E-state index contributed by atoms with van der Waals surface area (Å²) < 4.78 is 26.8. The lowest BCUT2D eigenvalue weighted by atomic mass is 10.1. The number of hydrogen-bond acceptors (Lipinski definition) is 2. The SMILES string of the molecule is O=C(O)CCN(Cc1cccc(F)c1F)C(=O)C1CC1. The summed E-state index contributed by atoms with van der Waals surface area (Å²) in [7, 11) is 0. The van der Waals surface area contributed by atoms with Crippen molar-refractivity contribution in [2.45, 2.75) is 25.8 Å². The molecule has 1 aliphatic carbocycles. The van der Waals surface area contributed by atoms with Crippen molar-refractivity contribution in [3.63, 3.8) is 0 Å². The predicted octanol–water partition coefficient (Wildman–Crippen LogP) is 2.18. The Morgan fingerprint density at radius 1 is 1.30 bits per heavy atom. The summed E-state index contributed by atoms with van der Waals surface area (Å²) >= 11 is 0. The van der Waals surface area contributed by atoms with E-state index in [-0.39, 0.29) is 36.9 Å². The Hall–Kier alpha value is -1.98. The van der Waals surface area contributed by atoms with Gasteiger partial charge in [0.2, 0.25) is 5.91 Å². The van der Waals surface area contributed by atoms with Gasteiger partial charge in [-0.15, -0.1) is 0 Å². The average Bonchev–Trinajstić information content (AvgIpc) is 3.22. The summed E-state index contributed by atoms with van der Waals surface area (Å²) in [6.45, 7) is -0.104. The first-order valence-corrected chi connectivity index (χ1v) is 6.42. The molecule has 0 saturated heterocycles. The molecule has 0 aliphatic heterocycles. The molecule has 1 aromatic rings. The van der Waals surface area contributed by atoms with Gasteiger partial charge in [-0.1, -0.05) is 12.1 Å². The normalized spacial score (nSPS) is 14.1. The molecule has 0 bridgehead atoms. The van der Waals surface area contributed by atoms with Gasteiger partial charge in [0.1, 0.15) is 0 Å². The number of hydrogen-bond donors (Lipinski definition) is 1. The number of halogens is 2. The number of benzene rings is 1. The zero-order valence-corrected chi connectivity index (χ0v) is 10.8. The van der Waals surface area contributed by atoms with Crippen LogP contribution in [0.2, 0.25) is 0 Å². The monoisotopic (exact) mass is 283 g/mol. The van der Waals surface area contributed by atoms with Gasteiger partial charge in [-0.3, -0.25) is 9.59 Å². The molecule has 1 amide bonds. The Morgan fingerprint density at radius 2 is 2.00 bits per heavy atom. The second-order valence-corrected chi connectivity index (χ2v) is 4.89. The van der Waals surface area contributed by atoms with Gasteiger partial charge in [0.05, 0.1) is 6.42 Å². The maximum atomic E-state index is 13.6. The summed E-state index contributed by atoms with van der Waals surface area (Å²) in [6.07, 6.45) is 1.33. The molecule has 1 aromatic carbocycles. The number of carboxylic acid groups (broad SMARTS) is 1. The highest BCUT2D eigenvalue weighted by Crippen LogP contribution is 2.31. The molecule has 1 saturated carbocycles. The number of nitrogens with zero attached hydrogens (tertiary/aromatic N) is 1. The quantitative estimate of drug-likeness (QED) is 0.870. The number of rotatable bonds is 6. The van der Waals surface area contributed by atoms with Crippen molar-refractivity contribution in [1.29, 1.82) is 0 Å². The minimum Gasteiger partial charge on any atom is -0.481 e. The lowest BCUT2D eigenvalue weighted by Crippen LogP contribution is -2.34. The first kappa shape index (κ1) is 14.4. The molecule has 4 nitrogen and oxygen atoms in total. The summed E-state index contributed by atoms with van der Waals surface area (Å²) in [5.74, 6) is -3.27. The van der Waals surface area contributed by atoms with Gasteiger partial charge in [-0.05, 0) is 18.9 Å². The third-order valence-corrected chi connectivity index (χ3v) is 3.23. The lowest BCUT2D eigenvalue weighted by Gasteiger charge is -2.22. The summed E-state index contributed by atoms with van der Waals surface area (Å²) in [4.78, 5) is 23.9. The van der Waals surface area contributed by atoms with E-state index in [4.69, 9.17) is 5.11 Å². The molecule has 1 aliphatic rings. The van der Waals surface area contributed by atoms with E-state index in [9.17, 15) is 18.4 Å². The van der Waals surface area contributed by atoms with E-state index in [0.717, 1.165) is 18.9 Å². The number of carbonyl (C=O) groups excluding carboxylic acids is 1. The minimum atomic E-state index is -1.03. The van der Waals surface area contributed by atoms with Crippen molar-refractivity contribution in [3.8, 4) is 0 Å². The van der Waals surface area contributed by atoms with Crippen molar-refractivity contribution in [1.82, 2.24) is 4.90 Å². The third-order valence-electron chi connectivity index (χ3n) is 3.23. The molecule has 1 fully saturated rings. The van der Waals surface area contributed by atoms with Gasteiger partial charge >= 0.3 is 5.97 Å². The van der Waals surface area contributed by atoms with Crippen LogP contribution in [0.15, 0.2) is 18.2 Å². The maximum absolute atomic E-state index is 13.6. The Kier molecular flexibility index (Phi) is 4.32. The van der Waals surface area contributed by atoms with Crippen LogP contribution in [-0.2, 0) is 16.1 Å². The van der Waals surface area contributed by atoms with Crippen LogP contribution in [0.4, 0.5) is 8.78 Å². The van der Waals surface area contributed by atoms with Crippen LogP contribution in [0.5, 0.6) is 0 Å². The second-order valence-electron chi connectivity index (χ2n) is 4.89. The molecule has 20 heavy (non-hydrogen) atoms. The summed E-state index contributed by atoms with van der Waals surface area (Å²) in [6, 6.07) is 3.76. The number of amides is 1. The number of carboxylic acids is 1. The van der Waals surface area contributed by atoms with E-state index < -0.39 is 17.6 Å². The molecule has 0 aromatic heterocycles. The van der Waals surface area contributed by atoms with Crippen LogP contribution < -0.4 is 0 Å². The van der Waals surface area contributed by atoms with Crippen LogP contribution in [0.25, 0.3) is 0 Å². The maximum Gasteiger partial charge on any atom is 0.305 e. The third kappa shape index (κ3) is 3.53. The van der Waals surface area contributed by atoms with Gasteiger partial charge in [0.25, 0.3) is 0 Å². The zero-order chi connectivity index (χ0) is 14.7. The summed E-state index contributed by atoms with van der Waals surface area (Å²) in [5, 5.41) is 8.69. The molecule has 0 spiro atoms. The standard InChI is InChI=1S/C14H15F2NO3/c15-11-3-1-2-10(13(11)16)8-17(7-6-12(18)19)14(20)9-4-5-9/h1-3,9H,4-8H2,(H,18,19). The van der Waals surface area contributed by atoms with Gasteiger partial charge in [0.15, 0.2) is 11.6 Å². The van der Waals surface area contributed by atoms with E-state index in [2.05, 4.69) is 0 Å². The van der Waals surface area contributed by atoms with E-state index in [1.807, 2.05) is 0 Å². The summed E-state index contributed by atoms with van der Waals surface area (Å²) in [5.41, 5.74) is 0.0596. The van der Waals surface area contributed by atoms with Crippen LogP contribution >= 0.6 is 0 Å². The van der Waals surface area contributed by atoms with Crippen molar-refractivity contribution >= 4 is 11.9 Å². The molecule has 6 heteroatoms. The van der Waals surface area contributed by atoms with Crippen molar-refractivity contribution in [2.24, 2.45) is 5.92 Å². The van der Waals surface area contributed by atoms with Crippen molar-refractivity contribution in [3.05, 3.63) is 35.4 Å². The number of carbonyl (C=O) groups is 2. The smallest absolute Gasteiger partial charge is 0.305 e. The van der Waals surface area contributed by atoms with Crippen LogP contribution in [0.1, 0.15) is 24.8 Å². The fourth-order valence-electron chi connectivity index (χ4n) is 1.96. The van der Waals surface area contributed by atoms with Crippen LogP contribution in [0, 0.1) is 17.6 Å². The molecule has 0 atom stereocenters. The first-order chi connectivity index (χ1) is 9.49. The molecule has 2 rings (SSSR count). The van der Waals surface area contributed by atoms with Gasteiger partial charge < -0.3 is 10.0 Å². The molecular weight excluding hydrogens is 268 g/mol. The Balaban J connectivity index is 2.11. The molecule has 0 unspecified atom stereocenters. The van der Waals surface area contributed by atoms with Crippen molar-refractivity contribution < 1.29 is 23.5 Å². The van der Waals surface area contributed by atoms with Crippen molar-refractivity contribution in [2.75, 3.05) is 6.54 Å². The van der Waals surface area contributed by atoms with Gasteiger partial charge in [-0.2, -0.15) is 0 Å². The molecular formula is C14H15F2NO3. The minimum absolute atomic E-state index is 0.000615. The largest absolute Gasteiger partial charge is 0.481 e. The topological polar surface area (TPSA) is 57.6 Å². The molecule has 108 valence electrons. The Labute approximate surface area is 115 Å². The Morgan fingerprint density at radius 3 is 2.60 bits per heavy atom. The lowest BCUT2D eigenvalue weighted by molar-refractivity contribution is -0.139. The second kappa shape index (κ2) is 5.98. The van der Waals surface area contributed by atoms with Crippen LogP contribution in [0.3, 0.4) is 0 Å². The van der Waals surface area contributed by atoms with E-state index in [0.29, 0.717) is 0 Å².